The van der Waals surface area contributed by atoms with E-state index in [1.165, 1.54) is 32.1 Å². The van der Waals surface area contributed by atoms with Crippen molar-refractivity contribution in [3.05, 3.63) is 24.8 Å². The lowest BCUT2D eigenvalue weighted by Crippen LogP contribution is -1.92. The van der Waals surface area contributed by atoms with E-state index in [2.05, 4.69) is 38.7 Å². The van der Waals surface area contributed by atoms with Gasteiger partial charge < -0.3 is 0 Å². The van der Waals surface area contributed by atoms with Crippen LogP contribution in [0, 0.1) is 5.92 Å². The second kappa shape index (κ2) is 8.58. The first-order chi connectivity index (χ1) is 5.85. The van der Waals surface area contributed by atoms with Gasteiger partial charge in [-0.1, -0.05) is 32.1 Å². The van der Waals surface area contributed by atoms with Gasteiger partial charge in [-0.15, -0.1) is 6.58 Å². The van der Waals surface area contributed by atoms with Crippen LogP contribution in [0.3, 0.4) is 0 Å². The molecule has 1 atom stereocenters. The molecule has 0 fully saturated rings. The average molecular weight is 166 g/mol. The first kappa shape index (κ1) is 11.5. The molecule has 0 unspecified atom stereocenters. The molecular weight excluding hydrogens is 144 g/mol. The van der Waals surface area contributed by atoms with E-state index < -0.39 is 0 Å². The molecular formula is C12H22. The molecule has 0 nitrogen and oxygen atoms in total. The van der Waals surface area contributed by atoms with Gasteiger partial charge in [0.25, 0.3) is 0 Å². The Hall–Kier alpha value is -0.520. The van der Waals surface area contributed by atoms with Gasteiger partial charge in [-0.05, 0) is 38.0 Å². The summed E-state index contributed by atoms with van der Waals surface area (Å²) in [6.07, 6.45) is 12.9. The fraction of sp³-hybridized carbons (Fsp3) is 0.667. The van der Waals surface area contributed by atoms with Crippen LogP contribution in [0.15, 0.2) is 24.8 Å². The smallest absolute Gasteiger partial charge is 0.0239 e. The molecule has 0 heterocycles. The van der Waals surface area contributed by atoms with Gasteiger partial charge in [0.2, 0.25) is 0 Å². The highest BCUT2D eigenvalue weighted by atomic mass is 14.0. The van der Waals surface area contributed by atoms with Crippen LogP contribution in [0.4, 0.5) is 0 Å². The fourth-order valence-corrected chi connectivity index (χ4v) is 1.27. The van der Waals surface area contributed by atoms with Crippen molar-refractivity contribution in [1.29, 1.82) is 0 Å². The SMILES string of the molecule is C=C[C@H](CC)CCCC=CCC. The fourth-order valence-electron chi connectivity index (χ4n) is 1.27. The monoisotopic (exact) mass is 166 g/mol. The van der Waals surface area contributed by atoms with Crippen LogP contribution in [0.1, 0.15) is 46.0 Å². The van der Waals surface area contributed by atoms with Crippen molar-refractivity contribution in [1.82, 2.24) is 0 Å². The minimum Gasteiger partial charge on any atom is -0.103 e. The molecule has 0 amide bonds. The predicted octanol–water partition coefficient (Wildman–Crippen LogP) is 4.34. The van der Waals surface area contributed by atoms with Crippen LogP contribution in [-0.2, 0) is 0 Å². The first-order valence-corrected chi connectivity index (χ1v) is 5.12. The third-order valence-corrected chi connectivity index (χ3v) is 2.21. The Balaban J connectivity index is 3.28. The Morgan fingerprint density at radius 2 is 2.00 bits per heavy atom. The van der Waals surface area contributed by atoms with Crippen LogP contribution in [0.2, 0.25) is 0 Å². The minimum absolute atomic E-state index is 0.736. The van der Waals surface area contributed by atoms with E-state index in [1.807, 2.05) is 0 Å². The number of allylic oxidation sites excluding steroid dienone is 3. The van der Waals surface area contributed by atoms with Gasteiger partial charge >= 0.3 is 0 Å². The lowest BCUT2D eigenvalue weighted by Gasteiger charge is -2.06. The highest BCUT2D eigenvalue weighted by molar-refractivity contribution is 4.82. The van der Waals surface area contributed by atoms with Crippen molar-refractivity contribution in [3.63, 3.8) is 0 Å². The third kappa shape index (κ3) is 6.21. The van der Waals surface area contributed by atoms with Crippen LogP contribution in [0.5, 0.6) is 0 Å². The molecule has 0 bridgehead atoms. The van der Waals surface area contributed by atoms with Crippen LogP contribution in [0.25, 0.3) is 0 Å². The molecule has 0 aromatic carbocycles. The van der Waals surface area contributed by atoms with Gasteiger partial charge in [0.15, 0.2) is 0 Å². The largest absolute Gasteiger partial charge is 0.103 e. The number of unbranched alkanes of at least 4 members (excludes halogenated alkanes) is 1. The van der Waals surface area contributed by atoms with E-state index in [1.54, 1.807) is 0 Å². The zero-order chi connectivity index (χ0) is 9.23. The van der Waals surface area contributed by atoms with Gasteiger partial charge in [-0.25, -0.2) is 0 Å². The van der Waals surface area contributed by atoms with Crippen LogP contribution >= 0.6 is 0 Å². The zero-order valence-electron chi connectivity index (χ0n) is 8.55. The Morgan fingerprint density at radius 1 is 1.25 bits per heavy atom. The Kier molecular flexibility index (Phi) is 8.20. The normalized spacial score (nSPS) is 13.5. The van der Waals surface area contributed by atoms with Crippen molar-refractivity contribution in [2.24, 2.45) is 5.92 Å². The predicted molar refractivity (Wildman–Crippen MR) is 57.3 cm³/mol. The molecule has 0 saturated heterocycles. The first-order valence-electron chi connectivity index (χ1n) is 5.12. The van der Waals surface area contributed by atoms with E-state index in [0.717, 1.165) is 5.92 Å². The second-order valence-corrected chi connectivity index (χ2v) is 3.21. The lowest BCUT2D eigenvalue weighted by atomic mass is 9.99. The molecule has 0 aliphatic rings. The second-order valence-electron chi connectivity index (χ2n) is 3.21. The molecule has 0 spiro atoms. The molecule has 0 saturated carbocycles. The molecule has 0 aliphatic carbocycles. The molecule has 0 aromatic heterocycles. The van der Waals surface area contributed by atoms with Crippen molar-refractivity contribution in [3.8, 4) is 0 Å². The summed E-state index contributed by atoms with van der Waals surface area (Å²) in [7, 11) is 0. The summed E-state index contributed by atoms with van der Waals surface area (Å²) in [6.45, 7) is 8.23. The zero-order valence-corrected chi connectivity index (χ0v) is 8.55. The standard InChI is InChI=1S/C12H22/c1-4-7-8-9-10-11-12(5-2)6-3/h5,7-8,12H,2,4,6,9-11H2,1,3H3/t12-/m1/s1. The summed E-state index contributed by atoms with van der Waals surface area (Å²) in [5, 5.41) is 0. The lowest BCUT2D eigenvalue weighted by molar-refractivity contribution is 0.550. The van der Waals surface area contributed by atoms with Gasteiger partial charge in [0, 0.05) is 0 Å². The van der Waals surface area contributed by atoms with E-state index >= 15 is 0 Å². The molecule has 0 N–H and O–H groups in total. The van der Waals surface area contributed by atoms with Crippen LogP contribution < -0.4 is 0 Å². The summed E-state index contributed by atoms with van der Waals surface area (Å²) >= 11 is 0. The summed E-state index contributed by atoms with van der Waals surface area (Å²) < 4.78 is 0. The maximum atomic E-state index is 3.83. The highest BCUT2D eigenvalue weighted by Gasteiger charge is 1.98. The summed E-state index contributed by atoms with van der Waals surface area (Å²) in [5.74, 6) is 0.736. The molecule has 0 heteroatoms. The van der Waals surface area contributed by atoms with Crippen molar-refractivity contribution < 1.29 is 0 Å². The summed E-state index contributed by atoms with van der Waals surface area (Å²) in [4.78, 5) is 0. The van der Waals surface area contributed by atoms with Gasteiger partial charge in [0.05, 0.1) is 0 Å². The summed E-state index contributed by atoms with van der Waals surface area (Å²) in [5.41, 5.74) is 0. The van der Waals surface area contributed by atoms with E-state index in [-0.39, 0.29) is 0 Å². The average Bonchev–Trinajstić information content (AvgIpc) is 2.11. The number of rotatable bonds is 7. The van der Waals surface area contributed by atoms with E-state index in [0.29, 0.717) is 0 Å². The number of hydrogen-bond donors (Lipinski definition) is 0. The van der Waals surface area contributed by atoms with Crippen molar-refractivity contribution in [2.75, 3.05) is 0 Å². The molecule has 12 heavy (non-hydrogen) atoms. The van der Waals surface area contributed by atoms with Crippen LogP contribution in [-0.4, -0.2) is 0 Å². The Labute approximate surface area is 77.4 Å². The van der Waals surface area contributed by atoms with Gasteiger partial charge in [0.1, 0.15) is 0 Å². The Morgan fingerprint density at radius 3 is 2.50 bits per heavy atom. The van der Waals surface area contributed by atoms with Crippen molar-refractivity contribution in [2.45, 2.75) is 46.0 Å². The van der Waals surface area contributed by atoms with Gasteiger partial charge in [-0.3, -0.25) is 0 Å². The summed E-state index contributed by atoms with van der Waals surface area (Å²) in [6, 6.07) is 0. The number of hydrogen-bond acceptors (Lipinski definition) is 0. The van der Waals surface area contributed by atoms with E-state index in [9.17, 15) is 0 Å². The molecule has 0 rings (SSSR count). The molecule has 0 radical (unpaired) electrons. The molecule has 70 valence electrons. The molecule has 0 aliphatic heterocycles. The molecule has 0 aromatic rings. The quantitative estimate of drug-likeness (QED) is 0.390. The highest BCUT2D eigenvalue weighted by Crippen LogP contribution is 2.13. The van der Waals surface area contributed by atoms with E-state index in [4.69, 9.17) is 0 Å². The maximum absolute atomic E-state index is 3.83. The minimum atomic E-state index is 0.736. The third-order valence-electron chi connectivity index (χ3n) is 2.21. The van der Waals surface area contributed by atoms with Crippen molar-refractivity contribution >= 4 is 0 Å². The maximum Gasteiger partial charge on any atom is -0.0239 e. The Bertz CT molecular complexity index is 122. The topological polar surface area (TPSA) is 0 Å². The van der Waals surface area contributed by atoms with Gasteiger partial charge in [-0.2, -0.15) is 0 Å².